The lowest BCUT2D eigenvalue weighted by molar-refractivity contribution is 0.172. The molecule has 1 aromatic carbocycles. The van der Waals surface area contributed by atoms with Gasteiger partial charge in [-0.2, -0.15) is 0 Å². The highest BCUT2D eigenvalue weighted by Gasteiger charge is 2.45. The summed E-state index contributed by atoms with van der Waals surface area (Å²) in [6.45, 7) is 1.17. The smallest absolute Gasteiger partial charge is 0.407 e. The molecule has 1 spiro atoms. The van der Waals surface area contributed by atoms with Crippen molar-refractivity contribution in [3.05, 3.63) is 35.4 Å². The fourth-order valence-electron chi connectivity index (χ4n) is 3.20. The summed E-state index contributed by atoms with van der Waals surface area (Å²) in [6, 6.07) is 8.59. The van der Waals surface area contributed by atoms with Gasteiger partial charge in [0.15, 0.2) is 0 Å². The molecule has 2 aliphatic rings. The van der Waals surface area contributed by atoms with Crippen LogP contribution in [0.3, 0.4) is 0 Å². The quantitative estimate of drug-likeness (QED) is 0.909. The SMILES string of the molecule is COCc1ccc(C2CCC3(COC(=O)N3)C2)cc1. The number of cyclic esters (lactones) is 1. The summed E-state index contributed by atoms with van der Waals surface area (Å²) in [5, 5.41) is 2.98. The van der Waals surface area contributed by atoms with Crippen molar-refractivity contribution < 1.29 is 14.3 Å². The monoisotopic (exact) mass is 261 g/mol. The molecule has 2 atom stereocenters. The van der Waals surface area contributed by atoms with E-state index in [1.165, 1.54) is 11.1 Å². The molecule has 1 amide bonds. The lowest BCUT2D eigenvalue weighted by atomic mass is 9.93. The van der Waals surface area contributed by atoms with Gasteiger partial charge in [0, 0.05) is 7.11 Å². The fraction of sp³-hybridized carbons (Fsp3) is 0.533. The first kappa shape index (κ1) is 12.5. The molecule has 0 aromatic heterocycles. The van der Waals surface area contributed by atoms with Crippen LogP contribution in [0.1, 0.15) is 36.3 Å². The molecule has 1 aliphatic heterocycles. The Morgan fingerprint density at radius 2 is 2.21 bits per heavy atom. The van der Waals surface area contributed by atoms with Crippen LogP contribution in [0.5, 0.6) is 0 Å². The van der Waals surface area contributed by atoms with Gasteiger partial charge in [0.05, 0.1) is 12.1 Å². The van der Waals surface area contributed by atoms with Gasteiger partial charge in [0.1, 0.15) is 6.61 Å². The Labute approximate surface area is 113 Å². The maximum absolute atomic E-state index is 11.2. The van der Waals surface area contributed by atoms with Crippen LogP contribution in [-0.2, 0) is 16.1 Å². The number of alkyl carbamates (subject to hydrolysis) is 1. The van der Waals surface area contributed by atoms with E-state index in [1.54, 1.807) is 7.11 Å². The van der Waals surface area contributed by atoms with E-state index in [4.69, 9.17) is 9.47 Å². The van der Waals surface area contributed by atoms with Crippen molar-refractivity contribution >= 4 is 6.09 Å². The summed E-state index contributed by atoms with van der Waals surface area (Å²) < 4.78 is 10.2. The number of rotatable bonds is 3. The molecule has 4 heteroatoms. The zero-order valence-electron chi connectivity index (χ0n) is 11.1. The Bertz CT molecular complexity index is 471. The van der Waals surface area contributed by atoms with E-state index >= 15 is 0 Å². The van der Waals surface area contributed by atoms with Crippen LogP contribution in [0.2, 0.25) is 0 Å². The number of nitrogens with one attached hydrogen (secondary N) is 1. The number of methoxy groups -OCH3 is 1. The summed E-state index contributed by atoms with van der Waals surface area (Å²) in [5.41, 5.74) is 2.42. The van der Waals surface area contributed by atoms with Gasteiger partial charge < -0.3 is 14.8 Å². The third-order valence-corrected chi connectivity index (χ3v) is 4.22. The van der Waals surface area contributed by atoms with Crippen LogP contribution in [0, 0.1) is 0 Å². The second kappa shape index (κ2) is 4.85. The highest BCUT2D eigenvalue weighted by Crippen LogP contribution is 2.42. The van der Waals surface area contributed by atoms with Gasteiger partial charge in [-0.15, -0.1) is 0 Å². The Morgan fingerprint density at radius 1 is 1.42 bits per heavy atom. The molecule has 2 unspecified atom stereocenters. The van der Waals surface area contributed by atoms with Crippen molar-refractivity contribution in [3.8, 4) is 0 Å². The third kappa shape index (κ3) is 2.45. The maximum atomic E-state index is 11.2. The van der Waals surface area contributed by atoms with E-state index < -0.39 is 0 Å². The van der Waals surface area contributed by atoms with Crippen molar-refractivity contribution in [1.82, 2.24) is 5.32 Å². The van der Waals surface area contributed by atoms with Crippen molar-refractivity contribution in [3.63, 3.8) is 0 Å². The molecule has 0 bridgehead atoms. The van der Waals surface area contributed by atoms with Crippen LogP contribution < -0.4 is 5.32 Å². The normalized spacial score (nSPS) is 29.5. The molecule has 1 N–H and O–H groups in total. The van der Waals surface area contributed by atoms with E-state index in [0.717, 1.165) is 19.3 Å². The van der Waals surface area contributed by atoms with Crippen molar-refractivity contribution in [2.24, 2.45) is 0 Å². The van der Waals surface area contributed by atoms with Crippen molar-refractivity contribution in [2.75, 3.05) is 13.7 Å². The van der Waals surface area contributed by atoms with Gasteiger partial charge in [0.2, 0.25) is 0 Å². The fourth-order valence-corrected chi connectivity index (χ4v) is 3.20. The standard InChI is InChI=1S/C15H19NO3/c1-18-9-11-2-4-12(5-3-11)13-6-7-15(8-13)10-19-14(17)16-15/h2-5,13H,6-10H2,1H3,(H,16,17). The molecule has 4 nitrogen and oxygen atoms in total. The molecule has 0 radical (unpaired) electrons. The number of hydrogen-bond acceptors (Lipinski definition) is 3. The maximum Gasteiger partial charge on any atom is 0.407 e. The molecular formula is C15H19NO3. The molecule has 1 heterocycles. The molecule has 2 fully saturated rings. The average Bonchev–Trinajstić information content (AvgIpc) is 2.98. The molecule has 102 valence electrons. The predicted octanol–water partition coefficient (Wildman–Crippen LogP) is 2.58. The first-order chi connectivity index (χ1) is 9.21. The molecule has 19 heavy (non-hydrogen) atoms. The summed E-state index contributed by atoms with van der Waals surface area (Å²) in [5.74, 6) is 0.513. The summed E-state index contributed by atoms with van der Waals surface area (Å²) in [4.78, 5) is 11.2. The van der Waals surface area contributed by atoms with Gasteiger partial charge in [-0.25, -0.2) is 4.79 Å². The highest BCUT2D eigenvalue weighted by atomic mass is 16.6. The lowest BCUT2D eigenvalue weighted by Crippen LogP contribution is -2.40. The number of hydrogen-bond donors (Lipinski definition) is 1. The van der Waals surface area contributed by atoms with Crippen LogP contribution >= 0.6 is 0 Å². The van der Waals surface area contributed by atoms with E-state index in [1.807, 2.05) is 0 Å². The second-order valence-electron chi connectivity index (χ2n) is 5.60. The van der Waals surface area contributed by atoms with Crippen molar-refractivity contribution in [1.29, 1.82) is 0 Å². The van der Waals surface area contributed by atoms with Crippen molar-refractivity contribution in [2.45, 2.75) is 37.3 Å². The number of carbonyl (C=O) groups is 1. The van der Waals surface area contributed by atoms with E-state index in [0.29, 0.717) is 19.1 Å². The van der Waals surface area contributed by atoms with Gasteiger partial charge in [-0.3, -0.25) is 0 Å². The summed E-state index contributed by atoms with van der Waals surface area (Å²) >= 11 is 0. The largest absolute Gasteiger partial charge is 0.447 e. The molecule has 1 aromatic rings. The van der Waals surface area contributed by atoms with Crippen LogP contribution in [-0.4, -0.2) is 25.3 Å². The van der Waals surface area contributed by atoms with Gasteiger partial charge in [0.25, 0.3) is 0 Å². The van der Waals surface area contributed by atoms with Gasteiger partial charge in [-0.1, -0.05) is 24.3 Å². The molecular weight excluding hydrogens is 242 g/mol. The Morgan fingerprint density at radius 3 is 2.84 bits per heavy atom. The Kier molecular flexibility index (Phi) is 3.19. The zero-order valence-corrected chi connectivity index (χ0v) is 11.1. The molecule has 1 aliphatic carbocycles. The van der Waals surface area contributed by atoms with Gasteiger partial charge in [-0.05, 0) is 36.3 Å². The summed E-state index contributed by atoms with van der Waals surface area (Å²) in [7, 11) is 1.71. The summed E-state index contributed by atoms with van der Waals surface area (Å²) in [6.07, 6.45) is 2.81. The number of amides is 1. The first-order valence-electron chi connectivity index (χ1n) is 6.73. The van der Waals surface area contributed by atoms with E-state index in [-0.39, 0.29) is 11.6 Å². The first-order valence-corrected chi connectivity index (χ1v) is 6.73. The molecule has 1 saturated carbocycles. The van der Waals surface area contributed by atoms with Crippen LogP contribution in [0.4, 0.5) is 4.79 Å². The Hall–Kier alpha value is -1.55. The average molecular weight is 261 g/mol. The zero-order chi connectivity index (χ0) is 13.3. The Balaban J connectivity index is 1.69. The number of ether oxygens (including phenoxy) is 2. The van der Waals surface area contributed by atoms with E-state index in [9.17, 15) is 4.79 Å². The van der Waals surface area contributed by atoms with Crippen LogP contribution in [0.25, 0.3) is 0 Å². The molecule has 1 saturated heterocycles. The minimum atomic E-state index is -0.268. The van der Waals surface area contributed by atoms with Gasteiger partial charge >= 0.3 is 6.09 Å². The number of benzene rings is 1. The lowest BCUT2D eigenvalue weighted by Gasteiger charge is -2.20. The topological polar surface area (TPSA) is 47.6 Å². The van der Waals surface area contributed by atoms with Crippen LogP contribution in [0.15, 0.2) is 24.3 Å². The predicted molar refractivity (Wildman–Crippen MR) is 71.0 cm³/mol. The minimum absolute atomic E-state index is 0.118. The number of carbonyl (C=O) groups excluding carboxylic acids is 1. The minimum Gasteiger partial charge on any atom is -0.447 e. The third-order valence-electron chi connectivity index (χ3n) is 4.22. The highest BCUT2D eigenvalue weighted by molar-refractivity contribution is 5.70. The molecule has 3 rings (SSSR count). The van der Waals surface area contributed by atoms with E-state index in [2.05, 4.69) is 29.6 Å². The second-order valence-corrected chi connectivity index (χ2v) is 5.60.